The average Bonchev–Trinajstić information content (AvgIpc) is 2.36. The number of alkyl halides is 3. The summed E-state index contributed by atoms with van der Waals surface area (Å²) in [5.74, 6) is -1.44. The zero-order chi connectivity index (χ0) is 15.8. The second-order valence-electron chi connectivity index (χ2n) is 4.77. The van der Waals surface area contributed by atoms with Crippen LogP contribution in [-0.4, -0.2) is 0 Å². The molecule has 1 nitrogen and oxygen atoms in total. The first-order valence-corrected chi connectivity index (χ1v) is 6.08. The number of halogens is 5. The van der Waals surface area contributed by atoms with Gasteiger partial charge in [-0.1, -0.05) is 6.07 Å². The summed E-state index contributed by atoms with van der Waals surface area (Å²) < 4.78 is 65.1. The van der Waals surface area contributed by atoms with Crippen LogP contribution in [0.3, 0.4) is 0 Å². The van der Waals surface area contributed by atoms with Crippen LogP contribution < -0.4 is 5.73 Å². The highest BCUT2D eigenvalue weighted by Gasteiger charge is 2.31. The van der Waals surface area contributed by atoms with Crippen LogP contribution in [0.1, 0.15) is 28.3 Å². The molecule has 0 aliphatic heterocycles. The molecule has 0 spiro atoms. The minimum Gasteiger partial charge on any atom is -0.320 e. The minimum atomic E-state index is -4.60. The summed E-state index contributed by atoms with van der Waals surface area (Å²) in [6.45, 7) is 1.61. The molecular weight excluding hydrogens is 289 g/mol. The molecule has 0 aromatic heterocycles. The first kappa shape index (κ1) is 15.4. The molecule has 2 aromatic rings. The summed E-state index contributed by atoms with van der Waals surface area (Å²) >= 11 is 0. The number of rotatable bonds is 2. The molecule has 2 N–H and O–H groups in total. The van der Waals surface area contributed by atoms with Crippen LogP contribution in [-0.2, 0) is 6.18 Å². The highest BCUT2D eigenvalue weighted by molar-refractivity contribution is 5.37. The van der Waals surface area contributed by atoms with Gasteiger partial charge in [-0.3, -0.25) is 0 Å². The second kappa shape index (κ2) is 5.44. The van der Waals surface area contributed by atoms with Crippen LogP contribution in [0.5, 0.6) is 0 Å². The fraction of sp³-hybridized carbons (Fsp3) is 0.200. The predicted molar refractivity (Wildman–Crippen MR) is 68.6 cm³/mol. The van der Waals surface area contributed by atoms with Crippen molar-refractivity contribution in [3.05, 3.63) is 70.3 Å². The van der Waals surface area contributed by atoms with Crippen molar-refractivity contribution in [1.82, 2.24) is 0 Å². The number of nitrogens with two attached hydrogens (primary N) is 1. The topological polar surface area (TPSA) is 26.0 Å². The average molecular weight is 301 g/mol. The zero-order valence-corrected chi connectivity index (χ0v) is 11.0. The van der Waals surface area contributed by atoms with E-state index >= 15 is 0 Å². The molecule has 1 atom stereocenters. The van der Waals surface area contributed by atoms with Crippen molar-refractivity contribution in [3.63, 3.8) is 0 Å². The molecule has 2 rings (SSSR count). The first-order chi connectivity index (χ1) is 9.68. The Hall–Kier alpha value is -1.95. The van der Waals surface area contributed by atoms with Gasteiger partial charge in [0.15, 0.2) is 0 Å². The van der Waals surface area contributed by atoms with E-state index < -0.39 is 29.4 Å². The summed E-state index contributed by atoms with van der Waals surface area (Å²) in [6, 6.07) is 4.66. The standard InChI is InChI=1S/C15H12F5N/c1-8-4-9(6-11(16)5-8)14(21)12-7-10(15(18,19)20)2-3-13(12)17/h2-7,14H,21H2,1H3. The molecule has 0 saturated carbocycles. The third-order valence-electron chi connectivity index (χ3n) is 3.08. The normalized spacial score (nSPS) is 13.3. The maximum atomic E-state index is 13.8. The summed E-state index contributed by atoms with van der Waals surface area (Å²) in [4.78, 5) is 0. The fourth-order valence-electron chi connectivity index (χ4n) is 2.08. The van der Waals surface area contributed by atoms with Crippen molar-refractivity contribution in [1.29, 1.82) is 0 Å². The Morgan fingerprint density at radius 2 is 1.67 bits per heavy atom. The molecule has 0 aliphatic carbocycles. The van der Waals surface area contributed by atoms with Gasteiger partial charge >= 0.3 is 6.18 Å². The third-order valence-corrected chi connectivity index (χ3v) is 3.08. The summed E-state index contributed by atoms with van der Waals surface area (Å²) in [7, 11) is 0. The van der Waals surface area contributed by atoms with E-state index in [4.69, 9.17) is 5.73 Å². The van der Waals surface area contributed by atoms with Crippen molar-refractivity contribution in [3.8, 4) is 0 Å². The second-order valence-corrected chi connectivity index (χ2v) is 4.77. The van der Waals surface area contributed by atoms with Gasteiger partial charge in [-0.15, -0.1) is 0 Å². The van der Waals surface area contributed by atoms with E-state index in [1.807, 2.05) is 0 Å². The molecule has 0 fully saturated rings. The molecule has 0 bridgehead atoms. The maximum Gasteiger partial charge on any atom is 0.416 e. The Balaban J connectivity index is 2.49. The van der Waals surface area contributed by atoms with Crippen molar-refractivity contribution < 1.29 is 22.0 Å². The van der Waals surface area contributed by atoms with Gasteiger partial charge in [0, 0.05) is 5.56 Å². The van der Waals surface area contributed by atoms with Crippen LogP contribution in [0, 0.1) is 18.6 Å². The fourth-order valence-corrected chi connectivity index (χ4v) is 2.08. The number of hydrogen-bond donors (Lipinski definition) is 1. The summed E-state index contributed by atoms with van der Waals surface area (Å²) in [5.41, 5.74) is 5.23. The van der Waals surface area contributed by atoms with Crippen molar-refractivity contribution in [2.24, 2.45) is 5.73 Å². The molecule has 0 aliphatic rings. The van der Waals surface area contributed by atoms with E-state index in [-0.39, 0.29) is 11.1 Å². The van der Waals surface area contributed by atoms with Gasteiger partial charge in [0.25, 0.3) is 0 Å². The number of benzene rings is 2. The van der Waals surface area contributed by atoms with Gasteiger partial charge in [0.1, 0.15) is 11.6 Å². The molecule has 112 valence electrons. The quantitative estimate of drug-likeness (QED) is 0.820. The Morgan fingerprint density at radius 3 is 2.24 bits per heavy atom. The van der Waals surface area contributed by atoms with Gasteiger partial charge in [0.05, 0.1) is 11.6 Å². The van der Waals surface area contributed by atoms with E-state index in [2.05, 4.69) is 0 Å². The first-order valence-electron chi connectivity index (χ1n) is 6.08. The summed E-state index contributed by atoms with van der Waals surface area (Å²) in [5, 5.41) is 0. The van der Waals surface area contributed by atoms with E-state index in [0.29, 0.717) is 23.8 Å². The maximum absolute atomic E-state index is 13.8. The summed E-state index contributed by atoms with van der Waals surface area (Å²) in [6.07, 6.45) is -4.60. The highest BCUT2D eigenvalue weighted by atomic mass is 19.4. The minimum absolute atomic E-state index is 0.214. The lowest BCUT2D eigenvalue weighted by Gasteiger charge is -2.16. The largest absolute Gasteiger partial charge is 0.416 e. The number of hydrogen-bond acceptors (Lipinski definition) is 1. The Morgan fingerprint density at radius 1 is 1.00 bits per heavy atom. The van der Waals surface area contributed by atoms with Crippen LogP contribution in [0.2, 0.25) is 0 Å². The Labute approximate surface area is 118 Å². The van der Waals surface area contributed by atoms with Crippen LogP contribution in [0.15, 0.2) is 36.4 Å². The smallest absolute Gasteiger partial charge is 0.320 e. The molecule has 21 heavy (non-hydrogen) atoms. The van der Waals surface area contributed by atoms with Gasteiger partial charge in [-0.2, -0.15) is 13.2 Å². The van der Waals surface area contributed by atoms with E-state index in [0.717, 1.165) is 6.07 Å². The van der Waals surface area contributed by atoms with Gasteiger partial charge in [0.2, 0.25) is 0 Å². The molecular formula is C15H12F5N. The number of aryl methyl sites for hydroxylation is 1. The molecule has 0 amide bonds. The molecule has 0 saturated heterocycles. The van der Waals surface area contributed by atoms with Crippen molar-refractivity contribution >= 4 is 0 Å². The third kappa shape index (κ3) is 3.39. The van der Waals surface area contributed by atoms with E-state index in [1.165, 1.54) is 12.1 Å². The molecule has 6 heteroatoms. The predicted octanol–water partition coefficient (Wildman–Crippen LogP) is 4.34. The van der Waals surface area contributed by atoms with Crippen LogP contribution in [0.4, 0.5) is 22.0 Å². The van der Waals surface area contributed by atoms with Crippen molar-refractivity contribution in [2.75, 3.05) is 0 Å². The van der Waals surface area contributed by atoms with Gasteiger partial charge in [-0.05, 0) is 48.4 Å². The molecule has 0 heterocycles. The lowest BCUT2D eigenvalue weighted by atomic mass is 9.96. The van der Waals surface area contributed by atoms with E-state index in [9.17, 15) is 22.0 Å². The lowest BCUT2D eigenvalue weighted by molar-refractivity contribution is -0.137. The molecule has 0 radical (unpaired) electrons. The lowest BCUT2D eigenvalue weighted by Crippen LogP contribution is -2.16. The van der Waals surface area contributed by atoms with Crippen LogP contribution >= 0.6 is 0 Å². The van der Waals surface area contributed by atoms with E-state index in [1.54, 1.807) is 6.92 Å². The Kier molecular flexibility index (Phi) is 4.00. The van der Waals surface area contributed by atoms with Gasteiger partial charge < -0.3 is 5.73 Å². The molecule has 1 unspecified atom stereocenters. The van der Waals surface area contributed by atoms with Crippen molar-refractivity contribution in [2.45, 2.75) is 19.1 Å². The highest BCUT2D eigenvalue weighted by Crippen LogP contribution is 2.33. The SMILES string of the molecule is Cc1cc(F)cc(C(N)c2cc(C(F)(F)F)ccc2F)c1. The zero-order valence-electron chi connectivity index (χ0n) is 11.0. The molecule has 2 aromatic carbocycles. The monoisotopic (exact) mass is 301 g/mol. The van der Waals surface area contributed by atoms with Crippen LogP contribution in [0.25, 0.3) is 0 Å². The van der Waals surface area contributed by atoms with Gasteiger partial charge in [-0.25, -0.2) is 8.78 Å². The Bertz CT molecular complexity index is 643.